The number of ether oxygens (including phenoxy) is 1. The zero-order chi connectivity index (χ0) is 23.8. The largest absolute Gasteiger partial charge is 0.449 e. The van der Waals surface area contributed by atoms with Gasteiger partial charge in [0.15, 0.2) is 29.0 Å². The minimum absolute atomic E-state index is 0.00288. The molecule has 3 aromatic rings. The van der Waals surface area contributed by atoms with Gasteiger partial charge in [-0.2, -0.15) is 13.2 Å². The third-order valence-corrected chi connectivity index (χ3v) is 5.95. The molecule has 12 heteroatoms. The van der Waals surface area contributed by atoms with Gasteiger partial charge in [0.05, 0.1) is 10.5 Å². The summed E-state index contributed by atoms with van der Waals surface area (Å²) in [6.45, 7) is 1.72. The summed E-state index contributed by atoms with van der Waals surface area (Å²) in [4.78, 5) is -0.233. The Bertz CT molecular complexity index is 1250. The quantitative estimate of drug-likeness (QED) is 0.363. The van der Waals surface area contributed by atoms with Gasteiger partial charge in [-0.3, -0.25) is 4.72 Å². The maximum Gasteiger partial charge on any atom is 0.416 e. The maximum absolute atomic E-state index is 14.6. The Morgan fingerprint density at radius 1 is 0.906 bits per heavy atom. The predicted octanol–water partition coefficient (Wildman–Crippen LogP) is 6.79. The highest BCUT2D eigenvalue weighted by atomic mass is 79.9. The van der Waals surface area contributed by atoms with E-state index in [1.807, 2.05) is 4.72 Å². The SMILES string of the molecule is Cc1ccc(S(=O)(=O)Nc2c(F)cc(Br)cc2Oc2c(F)cc(C(F)(F)F)cc2F)cc1. The fourth-order valence-corrected chi connectivity index (χ4v) is 4.06. The van der Waals surface area contributed by atoms with E-state index in [0.717, 1.165) is 17.7 Å². The number of anilines is 1. The summed E-state index contributed by atoms with van der Waals surface area (Å²) < 4.78 is 113. The molecule has 3 rings (SSSR count). The molecule has 0 aliphatic carbocycles. The van der Waals surface area contributed by atoms with Crippen LogP contribution in [0.1, 0.15) is 11.1 Å². The molecule has 1 N–H and O–H groups in total. The van der Waals surface area contributed by atoms with Crippen molar-refractivity contribution in [2.45, 2.75) is 18.0 Å². The molecule has 0 fully saturated rings. The Balaban J connectivity index is 2.05. The number of alkyl halides is 3. The van der Waals surface area contributed by atoms with Crippen LogP contribution in [0.4, 0.5) is 32.0 Å². The molecule has 170 valence electrons. The van der Waals surface area contributed by atoms with Crippen LogP contribution in [0.2, 0.25) is 0 Å². The molecule has 0 heterocycles. The highest BCUT2D eigenvalue weighted by Crippen LogP contribution is 2.40. The van der Waals surface area contributed by atoms with E-state index >= 15 is 0 Å². The fraction of sp³-hybridized carbons (Fsp3) is 0.100. The molecule has 0 aromatic heterocycles. The van der Waals surface area contributed by atoms with E-state index in [-0.39, 0.29) is 21.5 Å². The minimum atomic E-state index is -5.02. The average Bonchev–Trinajstić information content (AvgIpc) is 2.66. The van der Waals surface area contributed by atoms with Gasteiger partial charge < -0.3 is 4.74 Å². The van der Waals surface area contributed by atoms with Gasteiger partial charge in [-0.25, -0.2) is 21.6 Å². The summed E-state index contributed by atoms with van der Waals surface area (Å²) >= 11 is 2.93. The highest BCUT2D eigenvalue weighted by molar-refractivity contribution is 9.10. The number of halogens is 7. The highest BCUT2D eigenvalue weighted by Gasteiger charge is 2.33. The molecule has 0 saturated carbocycles. The zero-order valence-electron chi connectivity index (χ0n) is 15.9. The number of aryl methyl sites for hydroxylation is 1. The van der Waals surface area contributed by atoms with Crippen molar-refractivity contribution in [1.82, 2.24) is 0 Å². The van der Waals surface area contributed by atoms with Crippen molar-refractivity contribution in [2.24, 2.45) is 0 Å². The molecular weight excluding hydrogens is 528 g/mol. The molecule has 0 atom stereocenters. The second-order valence-electron chi connectivity index (χ2n) is 6.55. The zero-order valence-corrected chi connectivity index (χ0v) is 18.3. The minimum Gasteiger partial charge on any atom is -0.449 e. The standard InChI is InChI=1S/C20H12BrF6NO3S/c1-10-2-4-13(5-3-10)32(29,30)28-18-14(22)8-12(21)9-17(18)31-19-15(23)6-11(7-16(19)24)20(25,26)27/h2-9,28H,1H3. The lowest BCUT2D eigenvalue weighted by Crippen LogP contribution is -2.15. The lowest BCUT2D eigenvalue weighted by Gasteiger charge is -2.16. The topological polar surface area (TPSA) is 55.4 Å². The summed E-state index contributed by atoms with van der Waals surface area (Å²) in [6.07, 6.45) is -5.02. The first-order chi connectivity index (χ1) is 14.8. The molecule has 0 spiro atoms. The van der Waals surface area contributed by atoms with E-state index < -0.39 is 56.4 Å². The molecule has 32 heavy (non-hydrogen) atoms. The number of hydrogen-bond acceptors (Lipinski definition) is 3. The van der Waals surface area contributed by atoms with Crippen LogP contribution in [-0.4, -0.2) is 8.42 Å². The van der Waals surface area contributed by atoms with Crippen LogP contribution in [0.25, 0.3) is 0 Å². The first kappa shape index (κ1) is 23.9. The Morgan fingerprint density at radius 2 is 1.47 bits per heavy atom. The van der Waals surface area contributed by atoms with Crippen molar-refractivity contribution in [3.8, 4) is 11.5 Å². The number of sulfonamides is 1. The molecule has 0 bridgehead atoms. The molecule has 4 nitrogen and oxygen atoms in total. The van der Waals surface area contributed by atoms with Crippen LogP contribution in [0, 0.1) is 24.4 Å². The summed E-state index contributed by atoms with van der Waals surface area (Å²) in [5.41, 5.74) is -1.64. The Hall–Kier alpha value is -2.73. The van der Waals surface area contributed by atoms with Gasteiger partial charge in [0, 0.05) is 4.47 Å². The smallest absolute Gasteiger partial charge is 0.416 e. The van der Waals surface area contributed by atoms with Crippen LogP contribution in [0.15, 0.2) is 57.9 Å². The third kappa shape index (κ3) is 5.18. The Morgan fingerprint density at radius 3 is 2.00 bits per heavy atom. The summed E-state index contributed by atoms with van der Waals surface area (Å²) in [7, 11) is -4.35. The molecule has 0 aliphatic heterocycles. The average molecular weight is 540 g/mol. The van der Waals surface area contributed by atoms with E-state index in [1.54, 1.807) is 6.92 Å². The lowest BCUT2D eigenvalue weighted by atomic mass is 10.2. The molecule has 0 amide bonds. The van der Waals surface area contributed by atoms with E-state index in [0.29, 0.717) is 0 Å². The van der Waals surface area contributed by atoms with Crippen LogP contribution in [-0.2, 0) is 16.2 Å². The van der Waals surface area contributed by atoms with Gasteiger partial charge in [-0.1, -0.05) is 33.6 Å². The van der Waals surface area contributed by atoms with E-state index in [9.17, 15) is 34.8 Å². The van der Waals surface area contributed by atoms with Gasteiger partial charge in [-0.15, -0.1) is 0 Å². The van der Waals surface area contributed by atoms with Gasteiger partial charge in [0.1, 0.15) is 5.69 Å². The van der Waals surface area contributed by atoms with Crippen LogP contribution in [0.5, 0.6) is 11.5 Å². The number of rotatable bonds is 5. The third-order valence-electron chi connectivity index (χ3n) is 4.12. The van der Waals surface area contributed by atoms with Gasteiger partial charge in [0.2, 0.25) is 0 Å². The monoisotopic (exact) mass is 539 g/mol. The van der Waals surface area contributed by atoms with Crippen molar-refractivity contribution in [1.29, 1.82) is 0 Å². The second kappa shape index (κ2) is 8.66. The summed E-state index contributed by atoms with van der Waals surface area (Å²) in [5, 5.41) is 0. The van der Waals surface area contributed by atoms with Gasteiger partial charge in [0.25, 0.3) is 10.0 Å². The van der Waals surface area contributed by atoms with Gasteiger partial charge in [-0.05, 0) is 43.3 Å². The van der Waals surface area contributed by atoms with Gasteiger partial charge >= 0.3 is 6.18 Å². The summed E-state index contributed by atoms with van der Waals surface area (Å²) in [6, 6.07) is 7.36. The number of hydrogen-bond donors (Lipinski definition) is 1. The van der Waals surface area contributed by atoms with Crippen molar-refractivity contribution in [3.63, 3.8) is 0 Å². The van der Waals surface area contributed by atoms with Crippen LogP contribution >= 0.6 is 15.9 Å². The maximum atomic E-state index is 14.6. The Kier molecular flexibility index (Phi) is 6.47. The number of nitrogens with one attached hydrogen (secondary N) is 1. The molecule has 0 unspecified atom stereocenters. The lowest BCUT2D eigenvalue weighted by molar-refractivity contribution is -0.138. The van der Waals surface area contributed by atoms with Crippen molar-refractivity contribution >= 4 is 31.6 Å². The predicted molar refractivity (Wildman–Crippen MR) is 108 cm³/mol. The fourth-order valence-electron chi connectivity index (χ4n) is 2.57. The second-order valence-corrected chi connectivity index (χ2v) is 9.15. The first-order valence-electron chi connectivity index (χ1n) is 8.60. The van der Waals surface area contributed by atoms with E-state index in [4.69, 9.17) is 4.74 Å². The number of benzene rings is 3. The van der Waals surface area contributed by atoms with Crippen LogP contribution < -0.4 is 9.46 Å². The molecule has 3 aromatic carbocycles. The Labute approximate surface area is 187 Å². The summed E-state index contributed by atoms with van der Waals surface area (Å²) in [5.74, 6) is -6.57. The molecule has 0 saturated heterocycles. The van der Waals surface area contributed by atoms with Crippen molar-refractivity contribution < 1.29 is 39.5 Å². The molecule has 0 aliphatic rings. The van der Waals surface area contributed by atoms with Crippen molar-refractivity contribution in [2.75, 3.05) is 4.72 Å². The molecule has 0 radical (unpaired) electrons. The van der Waals surface area contributed by atoms with Crippen LogP contribution in [0.3, 0.4) is 0 Å². The van der Waals surface area contributed by atoms with Crippen molar-refractivity contribution in [3.05, 3.63) is 81.6 Å². The van der Waals surface area contributed by atoms with E-state index in [2.05, 4.69) is 15.9 Å². The normalized spacial score (nSPS) is 12.0. The first-order valence-corrected chi connectivity index (χ1v) is 10.9. The van der Waals surface area contributed by atoms with E-state index in [1.165, 1.54) is 24.3 Å². The molecular formula is C20H12BrF6NO3S.